The van der Waals surface area contributed by atoms with Gasteiger partial charge in [0.1, 0.15) is 17.2 Å². The fourth-order valence-electron chi connectivity index (χ4n) is 4.24. The second-order valence-electron chi connectivity index (χ2n) is 8.15. The number of carbonyl (C=O) groups is 1. The summed E-state index contributed by atoms with van der Waals surface area (Å²) in [5.41, 5.74) is 4.21. The summed E-state index contributed by atoms with van der Waals surface area (Å²) in [6.07, 6.45) is 1.65. The van der Waals surface area contributed by atoms with Crippen LogP contribution in [0.4, 0.5) is 5.82 Å². The van der Waals surface area contributed by atoms with Crippen molar-refractivity contribution in [1.29, 1.82) is 0 Å². The van der Waals surface area contributed by atoms with Crippen molar-refractivity contribution in [1.82, 2.24) is 4.98 Å². The zero-order valence-corrected chi connectivity index (χ0v) is 18.3. The smallest absolute Gasteiger partial charge is 0.296 e. The minimum Gasteiger partial charge on any atom is -0.497 e. The first-order valence-corrected chi connectivity index (χ1v) is 10.4. The van der Waals surface area contributed by atoms with E-state index < -0.39 is 6.04 Å². The molecule has 1 amide bonds. The van der Waals surface area contributed by atoms with E-state index in [0.717, 1.165) is 22.3 Å². The van der Waals surface area contributed by atoms with Gasteiger partial charge in [0.2, 0.25) is 5.76 Å². The standard InChI is InChI=1S/C26H22N2O4/c1-14-8-9-27-21(10-14)28-23(17-6-5-7-18(13-17)31-4)22-24(29)19-11-15(2)16(3)12-20(19)32-25(22)26(28)30/h5-13,23H,1-4H3/t23-/m1/s1. The van der Waals surface area contributed by atoms with Gasteiger partial charge in [-0.2, -0.15) is 0 Å². The van der Waals surface area contributed by atoms with Crippen molar-refractivity contribution in [3.63, 3.8) is 0 Å². The van der Waals surface area contributed by atoms with Gasteiger partial charge in [0.15, 0.2) is 5.43 Å². The van der Waals surface area contributed by atoms with Crippen molar-refractivity contribution >= 4 is 22.7 Å². The number of benzene rings is 2. The zero-order chi connectivity index (χ0) is 22.6. The molecule has 1 atom stereocenters. The van der Waals surface area contributed by atoms with Gasteiger partial charge in [-0.15, -0.1) is 0 Å². The summed E-state index contributed by atoms with van der Waals surface area (Å²) in [6.45, 7) is 5.84. The molecule has 6 heteroatoms. The number of anilines is 1. The second kappa shape index (κ2) is 7.34. The molecule has 2 aromatic carbocycles. The van der Waals surface area contributed by atoms with E-state index in [1.54, 1.807) is 13.3 Å². The largest absolute Gasteiger partial charge is 0.497 e. The molecule has 5 rings (SSSR count). The summed E-state index contributed by atoms with van der Waals surface area (Å²) in [6, 6.07) is 14.0. The molecule has 0 saturated heterocycles. The predicted molar refractivity (Wildman–Crippen MR) is 123 cm³/mol. The fraction of sp³-hybridized carbons (Fsp3) is 0.192. The topological polar surface area (TPSA) is 72.6 Å². The Hall–Kier alpha value is -3.93. The van der Waals surface area contributed by atoms with E-state index in [2.05, 4.69) is 4.98 Å². The fourth-order valence-corrected chi connectivity index (χ4v) is 4.24. The van der Waals surface area contributed by atoms with E-state index in [4.69, 9.17) is 9.15 Å². The Bertz CT molecular complexity index is 1450. The number of aryl methyl sites for hydroxylation is 3. The van der Waals surface area contributed by atoms with E-state index >= 15 is 0 Å². The average Bonchev–Trinajstić information content (AvgIpc) is 3.08. The molecule has 0 spiro atoms. The lowest BCUT2D eigenvalue weighted by Gasteiger charge is -2.24. The average molecular weight is 426 g/mol. The van der Waals surface area contributed by atoms with Crippen LogP contribution in [0.5, 0.6) is 5.75 Å². The molecule has 1 aliphatic rings. The molecule has 0 unspecified atom stereocenters. The van der Waals surface area contributed by atoms with E-state index in [9.17, 15) is 9.59 Å². The van der Waals surface area contributed by atoms with Crippen LogP contribution in [-0.2, 0) is 0 Å². The van der Waals surface area contributed by atoms with Gasteiger partial charge in [-0.05, 0) is 79.4 Å². The molecule has 0 N–H and O–H groups in total. The SMILES string of the molecule is COc1cccc([C@@H]2c3c(oc4cc(C)c(C)cc4c3=O)C(=O)N2c2cc(C)ccn2)c1. The van der Waals surface area contributed by atoms with Gasteiger partial charge < -0.3 is 9.15 Å². The number of carbonyl (C=O) groups excluding carboxylic acids is 1. The van der Waals surface area contributed by atoms with Crippen LogP contribution in [0, 0.1) is 20.8 Å². The highest BCUT2D eigenvalue weighted by atomic mass is 16.5. The summed E-state index contributed by atoms with van der Waals surface area (Å²) in [4.78, 5) is 33.3. The number of hydrogen-bond acceptors (Lipinski definition) is 5. The van der Waals surface area contributed by atoms with Crippen molar-refractivity contribution in [2.45, 2.75) is 26.8 Å². The van der Waals surface area contributed by atoms with Crippen molar-refractivity contribution in [2.75, 3.05) is 12.0 Å². The van der Waals surface area contributed by atoms with Crippen molar-refractivity contribution in [3.05, 3.63) is 98.5 Å². The lowest BCUT2D eigenvalue weighted by molar-refractivity contribution is 0.0970. The molecule has 0 aliphatic carbocycles. The summed E-state index contributed by atoms with van der Waals surface area (Å²) < 4.78 is 11.5. The molecule has 0 fully saturated rings. The van der Waals surface area contributed by atoms with E-state index in [1.807, 2.05) is 69.3 Å². The molecule has 32 heavy (non-hydrogen) atoms. The number of amides is 1. The molecule has 0 bridgehead atoms. The maximum Gasteiger partial charge on any atom is 0.296 e. The minimum absolute atomic E-state index is 0.0573. The Morgan fingerprint density at radius 1 is 1.00 bits per heavy atom. The van der Waals surface area contributed by atoms with E-state index in [1.165, 1.54) is 4.90 Å². The number of hydrogen-bond donors (Lipinski definition) is 0. The third-order valence-corrected chi connectivity index (χ3v) is 6.04. The molecule has 6 nitrogen and oxygen atoms in total. The number of fused-ring (bicyclic) bond motifs is 2. The maximum atomic E-state index is 13.7. The van der Waals surface area contributed by atoms with Crippen LogP contribution in [0.2, 0.25) is 0 Å². The first kappa shape index (κ1) is 20.0. The zero-order valence-electron chi connectivity index (χ0n) is 18.3. The van der Waals surface area contributed by atoms with Crippen LogP contribution in [0.3, 0.4) is 0 Å². The molecular weight excluding hydrogens is 404 g/mol. The molecule has 1 aliphatic heterocycles. The first-order valence-electron chi connectivity index (χ1n) is 10.4. The summed E-state index contributed by atoms with van der Waals surface area (Å²) in [5, 5.41) is 0.464. The van der Waals surface area contributed by atoms with Gasteiger partial charge in [-0.3, -0.25) is 14.5 Å². The Labute approximate surface area is 185 Å². The molecule has 2 aromatic heterocycles. The summed E-state index contributed by atoms with van der Waals surface area (Å²) >= 11 is 0. The van der Waals surface area contributed by atoms with Gasteiger partial charge in [0, 0.05) is 6.20 Å². The molecule has 4 aromatic rings. The number of aromatic nitrogens is 1. The Balaban J connectivity index is 1.84. The predicted octanol–water partition coefficient (Wildman–Crippen LogP) is 4.87. The van der Waals surface area contributed by atoms with Crippen LogP contribution in [-0.4, -0.2) is 18.0 Å². The van der Waals surface area contributed by atoms with Gasteiger partial charge in [0.25, 0.3) is 5.91 Å². The third-order valence-electron chi connectivity index (χ3n) is 6.04. The molecule has 3 heterocycles. The number of methoxy groups -OCH3 is 1. The number of rotatable bonds is 3. The maximum absolute atomic E-state index is 13.7. The van der Waals surface area contributed by atoms with Crippen molar-refractivity contribution in [3.8, 4) is 5.75 Å². The van der Waals surface area contributed by atoms with Gasteiger partial charge in [-0.1, -0.05) is 12.1 Å². The second-order valence-corrected chi connectivity index (χ2v) is 8.15. The Morgan fingerprint density at radius 2 is 1.78 bits per heavy atom. The van der Waals surface area contributed by atoms with E-state index in [-0.39, 0.29) is 17.1 Å². The molecular formula is C26H22N2O4. The quantitative estimate of drug-likeness (QED) is 0.467. The van der Waals surface area contributed by atoms with E-state index in [0.29, 0.717) is 28.1 Å². The minimum atomic E-state index is -0.677. The lowest BCUT2D eigenvalue weighted by atomic mass is 9.97. The highest BCUT2D eigenvalue weighted by Gasteiger charge is 2.44. The number of ether oxygens (including phenoxy) is 1. The van der Waals surface area contributed by atoms with Gasteiger partial charge >= 0.3 is 0 Å². The van der Waals surface area contributed by atoms with Crippen molar-refractivity contribution in [2.24, 2.45) is 0 Å². The van der Waals surface area contributed by atoms with Gasteiger partial charge in [-0.25, -0.2) is 4.98 Å². The normalized spacial score (nSPS) is 15.3. The Kier molecular flexibility index (Phi) is 4.59. The van der Waals surface area contributed by atoms with Crippen LogP contribution in [0.25, 0.3) is 11.0 Å². The summed E-state index contributed by atoms with van der Waals surface area (Å²) in [5.74, 6) is 0.771. The van der Waals surface area contributed by atoms with Crippen LogP contribution >= 0.6 is 0 Å². The number of nitrogens with zero attached hydrogens (tertiary/aromatic N) is 2. The monoisotopic (exact) mass is 426 g/mol. The van der Waals surface area contributed by atoms with Crippen LogP contribution in [0.1, 0.15) is 44.4 Å². The molecule has 0 saturated carbocycles. The molecule has 0 radical (unpaired) electrons. The Morgan fingerprint density at radius 3 is 2.53 bits per heavy atom. The van der Waals surface area contributed by atoms with Gasteiger partial charge in [0.05, 0.1) is 24.1 Å². The highest BCUT2D eigenvalue weighted by molar-refractivity contribution is 6.10. The lowest BCUT2D eigenvalue weighted by Crippen LogP contribution is -2.30. The highest BCUT2D eigenvalue weighted by Crippen LogP contribution is 2.41. The molecule has 160 valence electrons. The van der Waals surface area contributed by atoms with Crippen LogP contribution in [0.15, 0.2) is 63.9 Å². The summed E-state index contributed by atoms with van der Waals surface area (Å²) in [7, 11) is 1.58. The van der Waals surface area contributed by atoms with Crippen LogP contribution < -0.4 is 15.1 Å². The first-order chi connectivity index (χ1) is 15.4. The third kappa shape index (κ3) is 2.99. The van der Waals surface area contributed by atoms with Crippen molar-refractivity contribution < 1.29 is 13.9 Å². The number of pyridine rings is 1.